The first-order valence-corrected chi connectivity index (χ1v) is 10.1. The molecule has 1 aromatic heterocycles. The maximum Gasteiger partial charge on any atom is 0.263 e. The van der Waals surface area contributed by atoms with Crippen molar-refractivity contribution < 1.29 is 14.4 Å². The number of hydrogen-bond acceptors (Lipinski definition) is 6. The van der Waals surface area contributed by atoms with Gasteiger partial charge < -0.3 is 27.0 Å². The highest BCUT2D eigenvalue weighted by atomic mass is 35.5. The Morgan fingerprint density at radius 2 is 1.65 bits per heavy atom. The van der Waals surface area contributed by atoms with E-state index >= 15 is 0 Å². The summed E-state index contributed by atoms with van der Waals surface area (Å²) < 4.78 is 0. The first-order chi connectivity index (χ1) is 14.2. The van der Waals surface area contributed by atoms with Crippen LogP contribution in [0.3, 0.4) is 0 Å². The molecule has 1 heterocycles. The van der Waals surface area contributed by atoms with E-state index in [1.54, 1.807) is 0 Å². The number of nitrogens with zero attached hydrogens (tertiary/aromatic N) is 1. The predicted molar refractivity (Wildman–Crippen MR) is 124 cm³/mol. The molecule has 0 unspecified atom stereocenters. The number of carbonyl (C=O) groups is 3. The average Bonchev–Trinajstić information content (AvgIpc) is 3.06. The Balaban J connectivity index is 0.00000480. The number of aromatic nitrogens is 1. The number of nitrogens with one attached hydrogen (secondary N) is 5. The average molecular weight is 468 g/mol. The van der Waals surface area contributed by atoms with Gasteiger partial charge in [0.05, 0.1) is 5.69 Å². The van der Waals surface area contributed by atoms with Crippen LogP contribution in [0.15, 0.2) is 24.3 Å². The predicted octanol–water partition coefficient (Wildman–Crippen LogP) is 1.48. The molecule has 3 amide bonds. The van der Waals surface area contributed by atoms with Gasteiger partial charge in [-0.2, -0.15) is 0 Å². The molecule has 1 aromatic carbocycles. The molecule has 168 valence electrons. The van der Waals surface area contributed by atoms with E-state index < -0.39 is 0 Å². The second kappa shape index (κ2) is 12.5. The van der Waals surface area contributed by atoms with Gasteiger partial charge in [-0.15, -0.1) is 12.4 Å². The van der Waals surface area contributed by atoms with Crippen molar-refractivity contribution in [2.24, 2.45) is 5.73 Å². The molecule has 0 aliphatic rings. The fraction of sp³-hybridized carbons (Fsp3) is 0.316. The SMILES string of the molecule is CC(=O)NCCNC(=O)c1sc(NC(C)=O)nc1CCc1ccc(NC(=N)N)cc1.Cl. The van der Waals surface area contributed by atoms with E-state index in [4.69, 9.17) is 11.1 Å². The first-order valence-electron chi connectivity index (χ1n) is 9.24. The van der Waals surface area contributed by atoms with Gasteiger partial charge in [-0.25, -0.2) is 4.98 Å². The Bertz CT molecular complexity index is 931. The van der Waals surface area contributed by atoms with Crippen LogP contribution in [0.25, 0.3) is 0 Å². The lowest BCUT2D eigenvalue weighted by molar-refractivity contribution is -0.119. The van der Waals surface area contributed by atoms with Crippen molar-refractivity contribution in [3.8, 4) is 0 Å². The van der Waals surface area contributed by atoms with Crippen LogP contribution in [-0.2, 0) is 22.4 Å². The molecule has 0 bridgehead atoms. The fourth-order valence-corrected chi connectivity index (χ4v) is 3.54. The highest BCUT2D eigenvalue weighted by Crippen LogP contribution is 2.24. The maximum absolute atomic E-state index is 12.6. The van der Waals surface area contributed by atoms with Crippen molar-refractivity contribution in [1.29, 1.82) is 5.41 Å². The Morgan fingerprint density at radius 3 is 2.23 bits per heavy atom. The van der Waals surface area contributed by atoms with E-state index in [0.29, 0.717) is 40.8 Å². The summed E-state index contributed by atoms with van der Waals surface area (Å²) in [4.78, 5) is 39.7. The summed E-state index contributed by atoms with van der Waals surface area (Å²) in [5.41, 5.74) is 7.64. The second-order valence-corrected chi connectivity index (χ2v) is 7.45. The van der Waals surface area contributed by atoms with E-state index in [9.17, 15) is 14.4 Å². The Labute approximate surface area is 190 Å². The lowest BCUT2D eigenvalue weighted by Crippen LogP contribution is -2.33. The van der Waals surface area contributed by atoms with E-state index in [1.807, 2.05) is 24.3 Å². The standard InChI is InChI=1S/C19H25N7O3S.ClH/c1-11(27)22-9-10-23-17(29)16-15(26-19(30-16)24-12(2)28)8-5-13-3-6-14(7-4-13)25-18(20)21;/h3-4,6-7H,5,8-10H2,1-2H3,(H,22,27)(H,23,29)(H4,20,21,25)(H,24,26,28);1H. The summed E-state index contributed by atoms with van der Waals surface area (Å²) in [6, 6.07) is 7.44. The Kier molecular flexibility index (Phi) is 10.4. The third kappa shape index (κ3) is 9.01. The molecule has 2 rings (SSSR count). The number of aryl methyl sites for hydroxylation is 2. The molecule has 0 saturated heterocycles. The highest BCUT2D eigenvalue weighted by molar-refractivity contribution is 7.17. The minimum absolute atomic E-state index is 0. The highest BCUT2D eigenvalue weighted by Gasteiger charge is 2.18. The summed E-state index contributed by atoms with van der Waals surface area (Å²) in [6.07, 6.45) is 1.14. The number of hydrogen-bond donors (Lipinski definition) is 6. The number of anilines is 2. The summed E-state index contributed by atoms with van der Waals surface area (Å²) in [5.74, 6) is -0.864. The number of thiazole rings is 1. The van der Waals surface area contributed by atoms with E-state index in [2.05, 4.69) is 26.3 Å². The number of guanidine groups is 1. The molecule has 12 heteroatoms. The largest absolute Gasteiger partial charge is 0.370 e. The molecular weight excluding hydrogens is 442 g/mol. The van der Waals surface area contributed by atoms with Crippen molar-refractivity contribution >= 4 is 58.2 Å². The van der Waals surface area contributed by atoms with Crippen molar-refractivity contribution in [1.82, 2.24) is 15.6 Å². The Hall–Kier alpha value is -3.18. The van der Waals surface area contributed by atoms with Crippen molar-refractivity contribution in [2.45, 2.75) is 26.7 Å². The minimum Gasteiger partial charge on any atom is -0.370 e. The van der Waals surface area contributed by atoms with Gasteiger partial charge >= 0.3 is 0 Å². The number of rotatable bonds is 9. The molecule has 0 atom stereocenters. The zero-order valence-electron chi connectivity index (χ0n) is 17.2. The van der Waals surface area contributed by atoms with Gasteiger partial charge in [-0.3, -0.25) is 19.8 Å². The monoisotopic (exact) mass is 467 g/mol. The first kappa shape index (κ1) is 25.9. The van der Waals surface area contributed by atoms with Crippen LogP contribution in [0.5, 0.6) is 0 Å². The molecule has 0 aliphatic heterocycles. The van der Waals surface area contributed by atoms with Crippen LogP contribution in [0.1, 0.15) is 34.8 Å². The smallest absolute Gasteiger partial charge is 0.263 e. The third-order valence-electron chi connectivity index (χ3n) is 3.85. The topological polar surface area (TPSA) is 162 Å². The zero-order chi connectivity index (χ0) is 22.1. The fourth-order valence-electron chi connectivity index (χ4n) is 2.57. The number of carbonyl (C=O) groups excluding carboxylic acids is 3. The van der Waals surface area contributed by atoms with E-state index in [0.717, 1.165) is 16.9 Å². The van der Waals surface area contributed by atoms with E-state index in [-0.39, 0.29) is 42.6 Å². The van der Waals surface area contributed by atoms with Gasteiger partial charge in [0.2, 0.25) is 11.8 Å². The van der Waals surface area contributed by atoms with Crippen LogP contribution >= 0.6 is 23.7 Å². The van der Waals surface area contributed by atoms with Crippen LogP contribution in [0.4, 0.5) is 10.8 Å². The number of amides is 3. The molecule has 2 aromatic rings. The molecule has 0 aliphatic carbocycles. The summed E-state index contributed by atoms with van der Waals surface area (Å²) in [7, 11) is 0. The van der Waals surface area contributed by atoms with Gasteiger partial charge in [-0.05, 0) is 30.5 Å². The van der Waals surface area contributed by atoms with Crippen molar-refractivity contribution in [2.75, 3.05) is 23.7 Å². The van der Waals surface area contributed by atoms with Crippen LogP contribution in [0, 0.1) is 5.41 Å². The molecule has 31 heavy (non-hydrogen) atoms. The molecule has 7 N–H and O–H groups in total. The summed E-state index contributed by atoms with van der Waals surface area (Å²) >= 11 is 1.11. The molecule has 10 nitrogen and oxygen atoms in total. The second-order valence-electron chi connectivity index (χ2n) is 6.45. The molecule has 0 fully saturated rings. The number of halogens is 1. The van der Waals surface area contributed by atoms with Gasteiger partial charge in [0.25, 0.3) is 5.91 Å². The van der Waals surface area contributed by atoms with Crippen LogP contribution in [0.2, 0.25) is 0 Å². The van der Waals surface area contributed by atoms with Gasteiger partial charge in [-0.1, -0.05) is 23.5 Å². The minimum atomic E-state index is -0.300. The number of nitrogens with two attached hydrogens (primary N) is 1. The van der Waals surface area contributed by atoms with Crippen LogP contribution < -0.4 is 27.0 Å². The Morgan fingerprint density at radius 1 is 1.00 bits per heavy atom. The normalized spacial score (nSPS) is 9.87. The van der Waals surface area contributed by atoms with Crippen molar-refractivity contribution in [3.05, 3.63) is 40.4 Å². The van der Waals surface area contributed by atoms with Gasteiger partial charge in [0, 0.05) is 32.6 Å². The van der Waals surface area contributed by atoms with Crippen molar-refractivity contribution in [3.63, 3.8) is 0 Å². The van der Waals surface area contributed by atoms with Gasteiger partial charge in [0.1, 0.15) is 4.88 Å². The quantitative estimate of drug-likeness (QED) is 0.186. The number of benzene rings is 1. The lowest BCUT2D eigenvalue weighted by atomic mass is 10.1. The molecular formula is C19H26ClN7O3S. The van der Waals surface area contributed by atoms with Crippen LogP contribution in [-0.4, -0.2) is 41.8 Å². The zero-order valence-corrected chi connectivity index (χ0v) is 18.8. The third-order valence-corrected chi connectivity index (χ3v) is 4.87. The summed E-state index contributed by atoms with van der Waals surface area (Å²) in [5, 5.41) is 18.3. The molecule has 0 radical (unpaired) electrons. The lowest BCUT2D eigenvalue weighted by Gasteiger charge is -2.07. The maximum atomic E-state index is 12.6. The molecule has 0 saturated carbocycles. The van der Waals surface area contributed by atoms with E-state index in [1.165, 1.54) is 13.8 Å². The summed E-state index contributed by atoms with van der Waals surface area (Å²) in [6.45, 7) is 3.40. The molecule has 0 spiro atoms. The van der Waals surface area contributed by atoms with Gasteiger partial charge in [0.15, 0.2) is 11.1 Å².